The number of nitrogens with zero attached hydrogens (tertiary/aromatic N) is 1. The van der Waals surface area contributed by atoms with Crippen LogP contribution in [0, 0.1) is 0 Å². The van der Waals surface area contributed by atoms with Crippen molar-refractivity contribution in [2.24, 2.45) is 0 Å². The van der Waals surface area contributed by atoms with Gasteiger partial charge in [-0.1, -0.05) is 0 Å². The van der Waals surface area contributed by atoms with E-state index in [0.717, 1.165) is 19.1 Å². The zero-order chi connectivity index (χ0) is 8.27. The van der Waals surface area contributed by atoms with Crippen LogP contribution in [0.25, 0.3) is 0 Å². The van der Waals surface area contributed by atoms with Gasteiger partial charge in [-0.15, -0.1) is 0 Å². The Bertz CT molecular complexity index is 169. The smallest absolute Gasteiger partial charge is 0.407 e. The van der Waals surface area contributed by atoms with Crippen LogP contribution in [0.3, 0.4) is 0 Å². The van der Waals surface area contributed by atoms with Gasteiger partial charge < -0.3 is 14.8 Å². The van der Waals surface area contributed by atoms with Gasteiger partial charge in [0, 0.05) is 19.0 Å². The van der Waals surface area contributed by atoms with E-state index in [0.29, 0.717) is 13.0 Å². The second-order valence-corrected chi connectivity index (χ2v) is 2.67. The molecule has 1 rings (SSSR count). The van der Waals surface area contributed by atoms with Crippen molar-refractivity contribution in [2.45, 2.75) is 25.3 Å². The van der Waals surface area contributed by atoms with Crippen LogP contribution in [0.5, 0.6) is 0 Å². The summed E-state index contributed by atoms with van der Waals surface area (Å²) in [5.41, 5.74) is 0. The molecule has 0 aromatic heterocycles. The largest absolute Gasteiger partial charge is 0.465 e. The third-order valence-electron chi connectivity index (χ3n) is 1.99. The molecule has 1 amide bonds. The third-order valence-corrected chi connectivity index (χ3v) is 1.99. The summed E-state index contributed by atoms with van der Waals surface area (Å²) in [6, 6.07) is -0.0648. The van der Waals surface area contributed by atoms with Gasteiger partial charge in [0.15, 0.2) is 0 Å². The molecule has 0 saturated carbocycles. The minimum atomic E-state index is -0.908. The Kier molecular flexibility index (Phi) is 2.46. The first-order valence-electron chi connectivity index (χ1n) is 3.69. The van der Waals surface area contributed by atoms with Gasteiger partial charge in [0.05, 0.1) is 0 Å². The van der Waals surface area contributed by atoms with E-state index in [-0.39, 0.29) is 6.04 Å². The molecule has 0 aromatic rings. The summed E-state index contributed by atoms with van der Waals surface area (Å²) in [5.74, 6) is 0. The lowest BCUT2D eigenvalue weighted by Gasteiger charge is -2.18. The summed E-state index contributed by atoms with van der Waals surface area (Å²) in [7, 11) is 0. The molecule has 1 N–H and O–H groups in total. The molecule has 62 valence electrons. The highest BCUT2D eigenvalue weighted by Gasteiger charge is 2.27. The zero-order valence-corrected chi connectivity index (χ0v) is 6.19. The van der Waals surface area contributed by atoms with Gasteiger partial charge in [-0.05, 0) is 12.8 Å². The molecule has 1 aliphatic heterocycles. The van der Waals surface area contributed by atoms with Gasteiger partial charge >= 0.3 is 6.09 Å². The summed E-state index contributed by atoms with van der Waals surface area (Å²) in [6.45, 7) is 0.577. The number of carboxylic acid groups (broad SMARTS) is 1. The van der Waals surface area contributed by atoms with Gasteiger partial charge in [-0.2, -0.15) is 0 Å². The summed E-state index contributed by atoms with van der Waals surface area (Å²) in [6.07, 6.45) is 1.92. The predicted molar refractivity (Wildman–Crippen MR) is 38.4 cm³/mol. The van der Waals surface area contributed by atoms with E-state index in [2.05, 4.69) is 0 Å². The second-order valence-electron chi connectivity index (χ2n) is 2.67. The molecule has 1 aliphatic rings. The number of rotatable bonds is 2. The van der Waals surface area contributed by atoms with Crippen LogP contribution in [-0.4, -0.2) is 35.0 Å². The lowest BCUT2D eigenvalue weighted by molar-refractivity contribution is -0.108. The Morgan fingerprint density at radius 2 is 2.45 bits per heavy atom. The fraction of sp³-hybridized carbons (Fsp3) is 0.714. The van der Waals surface area contributed by atoms with Crippen LogP contribution in [0.15, 0.2) is 0 Å². The van der Waals surface area contributed by atoms with Crippen molar-refractivity contribution in [3.63, 3.8) is 0 Å². The molecule has 0 aliphatic carbocycles. The van der Waals surface area contributed by atoms with Crippen molar-refractivity contribution >= 4 is 12.4 Å². The van der Waals surface area contributed by atoms with Crippen molar-refractivity contribution < 1.29 is 14.7 Å². The highest BCUT2D eigenvalue weighted by atomic mass is 16.4. The Labute approximate surface area is 64.8 Å². The van der Waals surface area contributed by atoms with Gasteiger partial charge in [-0.3, -0.25) is 0 Å². The minimum absolute atomic E-state index is 0.0648. The monoisotopic (exact) mass is 157 g/mol. The summed E-state index contributed by atoms with van der Waals surface area (Å²) < 4.78 is 0. The van der Waals surface area contributed by atoms with E-state index in [1.165, 1.54) is 4.90 Å². The first kappa shape index (κ1) is 8.04. The van der Waals surface area contributed by atoms with E-state index >= 15 is 0 Å². The molecule has 1 heterocycles. The molecule has 1 fully saturated rings. The lowest BCUT2D eigenvalue weighted by Crippen LogP contribution is -2.34. The molecule has 1 unspecified atom stereocenters. The quantitative estimate of drug-likeness (QED) is 0.601. The van der Waals surface area contributed by atoms with Crippen molar-refractivity contribution in [3.05, 3.63) is 0 Å². The third kappa shape index (κ3) is 1.69. The number of hydrogen-bond acceptors (Lipinski definition) is 2. The predicted octanol–water partition coefficient (Wildman–Crippen LogP) is 0.718. The Balaban J connectivity index is 2.50. The highest BCUT2D eigenvalue weighted by molar-refractivity contribution is 5.66. The number of carbonyl (C=O) groups excluding carboxylic acids is 1. The van der Waals surface area contributed by atoms with E-state index < -0.39 is 6.09 Å². The Morgan fingerprint density at radius 1 is 1.73 bits per heavy atom. The van der Waals surface area contributed by atoms with Crippen LogP contribution in [0.2, 0.25) is 0 Å². The first-order valence-corrected chi connectivity index (χ1v) is 3.69. The normalized spacial score (nSPS) is 23.6. The van der Waals surface area contributed by atoms with Crippen LogP contribution in [-0.2, 0) is 4.79 Å². The van der Waals surface area contributed by atoms with Gasteiger partial charge in [0.2, 0.25) is 0 Å². The maximum atomic E-state index is 10.5. The maximum absolute atomic E-state index is 10.5. The average Bonchev–Trinajstić information content (AvgIpc) is 2.36. The lowest BCUT2D eigenvalue weighted by atomic mass is 10.2. The minimum Gasteiger partial charge on any atom is -0.465 e. The number of carbonyl (C=O) groups is 2. The number of aldehydes is 1. The molecular formula is C7H11NO3. The molecule has 0 spiro atoms. The highest BCUT2D eigenvalue weighted by Crippen LogP contribution is 2.18. The van der Waals surface area contributed by atoms with Crippen molar-refractivity contribution in [2.75, 3.05) is 6.54 Å². The number of hydrogen-bond donors (Lipinski definition) is 1. The SMILES string of the molecule is O=CCC1CCCN1C(=O)O. The van der Waals surface area contributed by atoms with Crippen LogP contribution in [0.1, 0.15) is 19.3 Å². The molecule has 4 heteroatoms. The second kappa shape index (κ2) is 3.37. The molecule has 0 aromatic carbocycles. The summed E-state index contributed by atoms with van der Waals surface area (Å²) in [4.78, 5) is 21.9. The average molecular weight is 157 g/mol. The van der Waals surface area contributed by atoms with Gasteiger partial charge in [0.1, 0.15) is 6.29 Å². The Morgan fingerprint density at radius 3 is 3.00 bits per heavy atom. The standard InChI is InChI=1S/C7H11NO3/c9-5-3-6-2-1-4-8(6)7(10)11/h5-6H,1-4H2,(H,10,11). The summed E-state index contributed by atoms with van der Waals surface area (Å²) >= 11 is 0. The molecule has 0 radical (unpaired) electrons. The van der Waals surface area contributed by atoms with E-state index in [4.69, 9.17) is 5.11 Å². The van der Waals surface area contributed by atoms with E-state index in [1.54, 1.807) is 0 Å². The number of amides is 1. The molecule has 11 heavy (non-hydrogen) atoms. The molecule has 4 nitrogen and oxygen atoms in total. The fourth-order valence-corrected chi connectivity index (χ4v) is 1.44. The molecule has 0 bridgehead atoms. The van der Waals surface area contributed by atoms with E-state index in [1.807, 2.05) is 0 Å². The zero-order valence-electron chi connectivity index (χ0n) is 6.19. The molecular weight excluding hydrogens is 146 g/mol. The van der Waals surface area contributed by atoms with E-state index in [9.17, 15) is 9.59 Å². The van der Waals surface area contributed by atoms with Crippen molar-refractivity contribution in [1.29, 1.82) is 0 Å². The molecule has 1 atom stereocenters. The van der Waals surface area contributed by atoms with Gasteiger partial charge in [0.25, 0.3) is 0 Å². The molecule has 1 saturated heterocycles. The number of likely N-dealkylation sites (tertiary alicyclic amines) is 1. The van der Waals surface area contributed by atoms with Crippen molar-refractivity contribution in [3.8, 4) is 0 Å². The van der Waals surface area contributed by atoms with Gasteiger partial charge in [-0.25, -0.2) is 4.79 Å². The Hall–Kier alpha value is -1.06. The van der Waals surface area contributed by atoms with Crippen LogP contribution >= 0.6 is 0 Å². The van der Waals surface area contributed by atoms with Crippen molar-refractivity contribution in [1.82, 2.24) is 4.90 Å². The van der Waals surface area contributed by atoms with Crippen LogP contribution < -0.4 is 0 Å². The fourth-order valence-electron chi connectivity index (χ4n) is 1.44. The van der Waals surface area contributed by atoms with Crippen LogP contribution in [0.4, 0.5) is 4.79 Å². The summed E-state index contributed by atoms with van der Waals surface area (Å²) in [5, 5.41) is 8.62. The topological polar surface area (TPSA) is 57.6 Å². The maximum Gasteiger partial charge on any atom is 0.407 e. The first-order chi connectivity index (χ1) is 5.25.